The number of sulfonamides is 1. The topological polar surface area (TPSA) is 125 Å². The van der Waals surface area contributed by atoms with Crippen LogP contribution in [0.4, 0.5) is 5.82 Å². The molecule has 0 aromatic carbocycles. The number of pyridine rings is 1. The Balaban J connectivity index is 1.19. The average molecular weight is 520 g/mol. The maximum absolute atomic E-state index is 13.0. The van der Waals surface area contributed by atoms with Gasteiger partial charge < -0.3 is 10.4 Å². The fourth-order valence-corrected chi connectivity index (χ4v) is 8.68. The number of anilines is 1. The predicted octanol–water partition coefficient (Wildman–Crippen LogP) is 4.09. The van der Waals surface area contributed by atoms with Gasteiger partial charge in [0.2, 0.25) is 10.0 Å². The highest BCUT2D eigenvalue weighted by molar-refractivity contribution is 7.89. The Kier molecular flexibility index (Phi) is 8.10. The van der Waals surface area contributed by atoms with Crippen molar-refractivity contribution in [1.29, 1.82) is 0 Å². The number of ketones is 1. The van der Waals surface area contributed by atoms with E-state index in [4.69, 9.17) is 4.98 Å². The Labute approximate surface area is 215 Å². The zero-order valence-electron chi connectivity index (χ0n) is 21.6. The molecule has 0 saturated heterocycles. The standard InChI is InChI=1S/C27H41N3O5S/c1-26(2)20-14-15-27(26,23(31)17-20)18-36(34,35)30-22(25(32)33)11-7-5-3-4-6-10-21-13-12-19-9-8-16-28-24(19)29-21/h12-13,20,22,30H,3-11,14-18H2,1-2H3,(H,28,29)(H,32,33)/t20?,22-,27+/m0/s1. The van der Waals surface area contributed by atoms with Crippen LogP contribution in [0, 0.1) is 16.7 Å². The summed E-state index contributed by atoms with van der Waals surface area (Å²) in [4.78, 5) is 29.2. The highest BCUT2D eigenvalue weighted by Gasteiger charge is 2.65. The summed E-state index contributed by atoms with van der Waals surface area (Å²) >= 11 is 0. The number of aryl methyl sites for hydroxylation is 2. The molecule has 4 rings (SSSR count). The molecule has 2 heterocycles. The number of Topliss-reactive ketones (excluding diaryl/α,β-unsaturated/α-hetero) is 1. The number of carbonyl (C=O) groups excluding carboxylic acids is 1. The van der Waals surface area contributed by atoms with Crippen molar-refractivity contribution < 1.29 is 23.1 Å². The van der Waals surface area contributed by atoms with E-state index in [1.54, 1.807) is 0 Å². The fourth-order valence-electron chi connectivity index (χ4n) is 6.62. The van der Waals surface area contributed by atoms with Crippen LogP contribution < -0.4 is 10.0 Å². The molecule has 36 heavy (non-hydrogen) atoms. The van der Waals surface area contributed by atoms with Gasteiger partial charge in [-0.15, -0.1) is 0 Å². The second-order valence-electron chi connectivity index (χ2n) is 11.6. The van der Waals surface area contributed by atoms with Crippen molar-refractivity contribution in [3.05, 3.63) is 23.4 Å². The summed E-state index contributed by atoms with van der Waals surface area (Å²) in [5.74, 6) is -0.213. The number of nitrogens with zero attached hydrogens (tertiary/aromatic N) is 1. The van der Waals surface area contributed by atoms with Crippen molar-refractivity contribution in [2.75, 3.05) is 17.6 Å². The molecular formula is C27H41N3O5S. The van der Waals surface area contributed by atoms with E-state index < -0.39 is 27.4 Å². The maximum Gasteiger partial charge on any atom is 0.321 e. The molecule has 1 unspecified atom stereocenters. The first-order chi connectivity index (χ1) is 17.0. The maximum atomic E-state index is 13.0. The number of carboxylic acids is 1. The Morgan fingerprint density at radius 1 is 1.22 bits per heavy atom. The summed E-state index contributed by atoms with van der Waals surface area (Å²) in [6.07, 6.45) is 9.77. The second kappa shape index (κ2) is 10.8. The summed E-state index contributed by atoms with van der Waals surface area (Å²) < 4.78 is 28.4. The number of carbonyl (C=O) groups is 2. The number of fused-ring (bicyclic) bond motifs is 3. The first-order valence-corrected chi connectivity index (χ1v) is 15.2. The lowest BCUT2D eigenvalue weighted by molar-refractivity contribution is -0.139. The van der Waals surface area contributed by atoms with E-state index in [9.17, 15) is 23.1 Å². The minimum absolute atomic E-state index is 0.0165. The summed E-state index contributed by atoms with van der Waals surface area (Å²) in [6, 6.07) is 3.13. The van der Waals surface area contributed by atoms with Gasteiger partial charge in [0.05, 0.1) is 5.75 Å². The van der Waals surface area contributed by atoms with Crippen LogP contribution in [0.2, 0.25) is 0 Å². The van der Waals surface area contributed by atoms with Gasteiger partial charge in [-0.25, -0.2) is 18.1 Å². The third-order valence-electron chi connectivity index (χ3n) is 9.07. The molecule has 0 spiro atoms. The minimum Gasteiger partial charge on any atom is -0.480 e. The van der Waals surface area contributed by atoms with Crippen LogP contribution in [0.3, 0.4) is 0 Å². The van der Waals surface area contributed by atoms with Crippen molar-refractivity contribution in [3.63, 3.8) is 0 Å². The van der Waals surface area contributed by atoms with Crippen molar-refractivity contribution >= 4 is 27.6 Å². The molecule has 2 saturated carbocycles. The van der Waals surface area contributed by atoms with Gasteiger partial charge in [-0.1, -0.05) is 45.6 Å². The third kappa shape index (κ3) is 5.62. The Morgan fingerprint density at radius 3 is 2.67 bits per heavy atom. The molecule has 3 atom stereocenters. The highest BCUT2D eigenvalue weighted by Crippen LogP contribution is 2.64. The molecule has 1 aromatic heterocycles. The van der Waals surface area contributed by atoms with Gasteiger partial charge in [-0.3, -0.25) is 9.59 Å². The number of aromatic nitrogens is 1. The van der Waals surface area contributed by atoms with Crippen LogP contribution in [0.25, 0.3) is 0 Å². The van der Waals surface area contributed by atoms with Crippen molar-refractivity contribution in [1.82, 2.24) is 9.71 Å². The number of hydrogen-bond donors (Lipinski definition) is 3. The molecular weight excluding hydrogens is 478 g/mol. The molecule has 0 radical (unpaired) electrons. The SMILES string of the molecule is CC1(C)C2CC[C@@]1(CS(=O)(=O)N[C@@H](CCCCCCCc1ccc3c(n1)NCCC3)C(=O)O)C(=O)C2. The molecule has 3 N–H and O–H groups in total. The van der Waals surface area contributed by atoms with Crippen LogP contribution in [0.1, 0.15) is 89.3 Å². The number of aliphatic carboxylic acids is 1. The van der Waals surface area contributed by atoms with Crippen molar-refractivity contribution in [3.8, 4) is 0 Å². The minimum atomic E-state index is -3.91. The molecule has 2 aliphatic carbocycles. The van der Waals surface area contributed by atoms with Crippen molar-refractivity contribution in [2.45, 2.75) is 96.9 Å². The summed E-state index contributed by atoms with van der Waals surface area (Å²) in [7, 11) is -3.91. The smallest absolute Gasteiger partial charge is 0.321 e. The highest BCUT2D eigenvalue weighted by atomic mass is 32.2. The first-order valence-electron chi connectivity index (χ1n) is 13.5. The van der Waals surface area contributed by atoms with Gasteiger partial charge in [0.1, 0.15) is 17.6 Å². The Morgan fingerprint density at radius 2 is 1.97 bits per heavy atom. The third-order valence-corrected chi connectivity index (χ3v) is 10.6. The second-order valence-corrected chi connectivity index (χ2v) is 13.3. The molecule has 8 nitrogen and oxygen atoms in total. The Bertz CT molecular complexity index is 1090. The molecule has 9 heteroatoms. The number of carboxylic acid groups (broad SMARTS) is 1. The molecule has 3 aliphatic rings. The van der Waals surface area contributed by atoms with E-state index in [0.717, 1.165) is 69.4 Å². The molecule has 1 aromatic rings. The van der Waals surface area contributed by atoms with E-state index in [1.807, 2.05) is 13.8 Å². The van der Waals surface area contributed by atoms with Gasteiger partial charge in [0.15, 0.2) is 0 Å². The van der Waals surface area contributed by atoms with E-state index in [0.29, 0.717) is 19.3 Å². The predicted molar refractivity (Wildman–Crippen MR) is 139 cm³/mol. The first kappa shape index (κ1) is 27.0. The van der Waals surface area contributed by atoms with Crippen LogP contribution in [0.5, 0.6) is 0 Å². The summed E-state index contributed by atoms with van der Waals surface area (Å²) in [6.45, 7) is 4.95. The van der Waals surface area contributed by atoms with Gasteiger partial charge in [-0.05, 0) is 67.9 Å². The summed E-state index contributed by atoms with van der Waals surface area (Å²) in [5, 5.41) is 13.0. The molecule has 200 valence electrons. The molecule has 1 aliphatic heterocycles. The summed E-state index contributed by atoms with van der Waals surface area (Å²) in [5.41, 5.74) is 1.12. The Hall–Kier alpha value is -2.00. The number of rotatable bonds is 13. The van der Waals surface area contributed by atoms with E-state index in [1.165, 1.54) is 5.56 Å². The molecule has 2 fully saturated rings. The fraction of sp³-hybridized carbons (Fsp3) is 0.741. The van der Waals surface area contributed by atoms with Crippen LogP contribution in [0.15, 0.2) is 12.1 Å². The monoisotopic (exact) mass is 519 g/mol. The van der Waals surface area contributed by atoms with Gasteiger partial charge in [0, 0.05) is 24.1 Å². The van der Waals surface area contributed by atoms with Crippen LogP contribution in [-0.4, -0.2) is 48.6 Å². The van der Waals surface area contributed by atoms with Crippen LogP contribution >= 0.6 is 0 Å². The van der Waals surface area contributed by atoms with Crippen molar-refractivity contribution in [2.24, 2.45) is 16.7 Å². The molecule has 2 bridgehead atoms. The lowest BCUT2D eigenvalue weighted by Gasteiger charge is -2.36. The largest absolute Gasteiger partial charge is 0.480 e. The number of hydrogen-bond acceptors (Lipinski definition) is 6. The normalized spacial score (nSPS) is 25.4. The van der Waals surface area contributed by atoms with E-state index >= 15 is 0 Å². The lowest BCUT2D eigenvalue weighted by Crippen LogP contribution is -2.49. The zero-order valence-corrected chi connectivity index (χ0v) is 22.5. The van der Waals surface area contributed by atoms with Gasteiger partial charge in [-0.2, -0.15) is 0 Å². The van der Waals surface area contributed by atoms with E-state index in [-0.39, 0.29) is 29.3 Å². The van der Waals surface area contributed by atoms with E-state index in [2.05, 4.69) is 22.2 Å². The quantitative estimate of drug-likeness (QED) is 0.335. The molecule has 0 amide bonds. The number of unbranched alkanes of at least 4 members (excludes halogenated alkanes) is 4. The zero-order chi connectivity index (χ0) is 26.0. The van der Waals surface area contributed by atoms with Crippen LogP contribution in [-0.2, 0) is 32.5 Å². The average Bonchev–Trinajstić information content (AvgIpc) is 3.16. The van der Waals surface area contributed by atoms with Gasteiger partial charge in [0.25, 0.3) is 0 Å². The lowest BCUT2D eigenvalue weighted by atomic mass is 9.70. The number of nitrogens with one attached hydrogen (secondary N) is 2. The van der Waals surface area contributed by atoms with Gasteiger partial charge >= 0.3 is 5.97 Å².